The zero-order valence-electron chi connectivity index (χ0n) is 19.0. The highest BCUT2D eigenvalue weighted by atomic mass is 32.2. The van der Waals surface area contributed by atoms with Crippen molar-refractivity contribution in [1.82, 2.24) is 4.90 Å². The van der Waals surface area contributed by atoms with Gasteiger partial charge in [-0.2, -0.15) is 0 Å². The van der Waals surface area contributed by atoms with Crippen molar-refractivity contribution in [2.75, 3.05) is 16.8 Å². The number of carbonyl (C=O) groups excluding carboxylic acids is 3. The zero-order valence-corrected chi connectivity index (χ0v) is 20.7. The summed E-state index contributed by atoms with van der Waals surface area (Å²) >= 11 is 6.53. The summed E-state index contributed by atoms with van der Waals surface area (Å²) in [7, 11) is 0. The normalized spacial score (nSPS) is 17.4. The molecule has 2 aliphatic rings. The Morgan fingerprint density at radius 1 is 1.03 bits per heavy atom. The van der Waals surface area contributed by atoms with Gasteiger partial charge in [0.05, 0.1) is 29.0 Å². The Bertz CT molecular complexity index is 1410. The van der Waals surface area contributed by atoms with Crippen LogP contribution in [0.3, 0.4) is 0 Å². The van der Waals surface area contributed by atoms with E-state index in [2.05, 4.69) is 5.32 Å². The lowest BCUT2D eigenvalue weighted by Gasteiger charge is -2.17. The molecule has 35 heavy (non-hydrogen) atoms. The first-order chi connectivity index (χ1) is 16.8. The lowest BCUT2D eigenvalue weighted by molar-refractivity contribution is -0.123. The first-order valence-electron chi connectivity index (χ1n) is 10.9. The summed E-state index contributed by atoms with van der Waals surface area (Å²) in [5.41, 5.74) is 4.11. The van der Waals surface area contributed by atoms with Crippen LogP contribution in [0.15, 0.2) is 70.2 Å². The predicted molar refractivity (Wildman–Crippen MR) is 140 cm³/mol. The third kappa shape index (κ3) is 4.28. The molecule has 0 radical (unpaired) electrons. The van der Waals surface area contributed by atoms with Crippen molar-refractivity contribution in [3.8, 4) is 0 Å². The number of hydrogen-bond acceptors (Lipinski definition) is 6. The van der Waals surface area contributed by atoms with Crippen molar-refractivity contribution in [1.29, 1.82) is 0 Å². The summed E-state index contributed by atoms with van der Waals surface area (Å²) in [6.45, 7) is 3.86. The maximum absolute atomic E-state index is 13.6. The lowest BCUT2D eigenvalue weighted by atomic mass is 10.1. The maximum atomic E-state index is 13.6. The molecule has 3 aromatic rings. The number of hydrogen-bond donors (Lipinski definition) is 1. The van der Waals surface area contributed by atoms with E-state index in [1.807, 2.05) is 32.0 Å². The zero-order chi connectivity index (χ0) is 24.7. The van der Waals surface area contributed by atoms with E-state index in [9.17, 15) is 14.4 Å². The standard InChI is InChI=1S/C26H21N3O4S2/c1-15-9-10-16(2)19(12-15)27-21(30)14-28-20-8-4-3-7-18(20)22(24(28)31)23-25(32)29(26(34)35-23)13-17-6-5-11-33-17/h3-12H,13-14H2,1-2H3,(H,27,30)/b23-22-. The van der Waals surface area contributed by atoms with Crippen LogP contribution in [0.2, 0.25) is 0 Å². The largest absolute Gasteiger partial charge is 0.467 e. The van der Waals surface area contributed by atoms with Gasteiger partial charge in [0, 0.05) is 11.3 Å². The number of furan rings is 1. The fourth-order valence-electron chi connectivity index (χ4n) is 4.10. The van der Waals surface area contributed by atoms with E-state index < -0.39 is 5.91 Å². The topological polar surface area (TPSA) is 82.9 Å². The van der Waals surface area contributed by atoms with Crippen LogP contribution >= 0.6 is 24.0 Å². The molecule has 3 heterocycles. The number of nitrogens with one attached hydrogen (secondary N) is 1. The third-order valence-corrected chi connectivity index (χ3v) is 7.31. The molecule has 1 aromatic heterocycles. The van der Waals surface area contributed by atoms with Crippen LogP contribution in [0.25, 0.3) is 5.57 Å². The number of thioether (sulfide) groups is 1. The first kappa shape index (κ1) is 23.1. The molecule has 5 rings (SSSR count). The van der Waals surface area contributed by atoms with Crippen LogP contribution in [-0.2, 0) is 20.9 Å². The van der Waals surface area contributed by atoms with Crippen molar-refractivity contribution in [3.05, 3.63) is 88.2 Å². The van der Waals surface area contributed by atoms with Gasteiger partial charge in [-0.1, -0.05) is 54.3 Å². The van der Waals surface area contributed by atoms with Gasteiger partial charge in [0.1, 0.15) is 16.6 Å². The molecule has 7 nitrogen and oxygen atoms in total. The van der Waals surface area contributed by atoms with E-state index in [-0.39, 0.29) is 35.4 Å². The Morgan fingerprint density at radius 3 is 2.60 bits per heavy atom. The first-order valence-corrected chi connectivity index (χ1v) is 12.1. The number of carbonyl (C=O) groups is 3. The number of amides is 3. The molecule has 176 valence electrons. The fourth-order valence-corrected chi connectivity index (χ4v) is 5.43. The molecule has 2 aliphatic heterocycles. The molecule has 3 amide bonds. The monoisotopic (exact) mass is 503 g/mol. The van der Waals surface area contributed by atoms with Crippen molar-refractivity contribution in [2.24, 2.45) is 0 Å². The Balaban J connectivity index is 1.44. The number of fused-ring (bicyclic) bond motifs is 1. The second-order valence-corrected chi connectivity index (χ2v) is 9.96. The summed E-state index contributed by atoms with van der Waals surface area (Å²) in [6, 6.07) is 16.5. The Labute approximate surface area is 211 Å². The van der Waals surface area contributed by atoms with Crippen LogP contribution in [-0.4, -0.2) is 33.5 Å². The van der Waals surface area contributed by atoms with Crippen molar-refractivity contribution < 1.29 is 18.8 Å². The van der Waals surface area contributed by atoms with Crippen LogP contribution in [0.4, 0.5) is 11.4 Å². The minimum atomic E-state index is -0.402. The minimum Gasteiger partial charge on any atom is -0.467 e. The van der Waals surface area contributed by atoms with E-state index in [1.54, 1.807) is 36.4 Å². The number of nitrogens with zero attached hydrogens (tertiary/aromatic N) is 2. The quantitative estimate of drug-likeness (QED) is 0.403. The molecule has 0 atom stereocenters. The SMILES string of the molecule is Cc1ccc(C)c(NC(=O)CN2C(=O)/C(=C3\SC(=S)N(Cc4ccco4)C3=O)c3ccccc32)c1. The van der Waals surface area contributed by atoms with Crippen molar-refractivity contribution >= 4 is 63.0 Å². The fraction of sp³-hybridized carbons (Fsp3) is 0.154. The van der Waals surface area contributed by atoms with E-state index >= 15 is 0 Å². The second-order valence-electron chi connectivity index (χ2n) is 8.32. The summed E-state index contributed by atoms with van der Waals surface area (Å²) in [6.07, 6.45) is 1.53. The molecule has 1 saturated heterocycles. The van der Waals surface area contributed by atoms with Gasteiger partial charge in [-0.15, -0.1) is 0 Å². The van der Waals surface area contributed by atoms with Crippen molar-refractivity contribution in [3.63, 3.8) is 0 Å². The molecule has 0 bridgehead atoms. The van der Waals surface area contributed by atoms with Crippen LogP contribution in [0.1, 0.15) is 22.5 Å². The third-order valence-electron chi connectivity index (χ3n) is 5.86. The summed E-state index contributed by atoms with van der Waals surface area (Å²) in [4.78, 5) is 42.9. The Hall–Kier alpha value is -3.69. The summed E-state index contributed by atoms with van der Waals surface area (Å²) in [5, 5.41) is 2.90. The van der Waals surface area contributed by atoms with Gasteiger partial charge < -0.3 is 9.73 Å². The molecular weight excluding hydrogens is 482 g/mol. The minimum absolute atomic E-state index is 0.181. The second kappa shape index (κ2) is 9.16. The van der Waals surface area contributed by atoms with E-state index in [4.69, 9.17) is 16.6 Å². The molecule has 0 saturated carbocycles. The summed E-state index contributed by atoms with van der Waals surface area (Å²) < 4.78 is 5.71. The van der Waals surface area contributed by atoms with Gasteiger partial charge in [0.15, 0.2) is 0 Å². The Morgan fingerprint density at radius 2 is 1.83 bits per heavy atom. The van der Waals surface area contributed by atoms with Gasteiger partial charge in [0.25, 0.3) is 11.8 Å². The van der Waals surface area contributed by atoms with Gasteiger partial charge in [0.2, 0.25) is 5.91 Å². The predicted octanol–water partition coefficient (Wildman–Crippen LogP) is 4.65. The molecule has 1 fully saturated rings. The highest BCUT2D eigenvalue weighted by Crippen LogP contribution is 2.44. The lowest BCUT2D eigenvalue weighted by Crippen LogP contribution is -2.35. The smallest absolute Gasteiger partial charge is 0.267 e. The maximum Gasteiger partial charge on any atom is 0.267 e. The van der Waals surface area contributed by atoms with E-state index in [1.165, 1.54) is 16.1 Å². The van der Waals surface area contributed by atoms with Gasteiger partial charge in [-0.05, 0) is 49.2 Å². The van der Waals surface area contributed by atoms with Gasteiger partial charge >= 0.3 is 0 Å². The number of rotatable bonds is 5. The average molecular weight is 504 g/mol. The molecule has 1 N–H and O–H groups in total. The Kier molecular flexibility index (Phi) is 6.04. The number of aryl methyl sites for hydroxylation is 2. The van der Waals surface area contributed by atoms with E-state index in [0.717, 1.165) is 22.9 Å². The van der Waals surface area contributed by atoms with E-state index in [0.29, 0.717) is 27.0 Å². The highest BCUT2D eigenvalue weighted by Gasteiger charge is 2.42. The highest BCUT2D eigenvalue weighted by molar-refractivity contribution is 8.26. The average Bonchev–Trinajstić information content (AvgIpc) is 3.51. The van der Waals surface area contributed by atoms with Crippen LogP contribution < -0.4 is 10.2 Å². The summed E-state index contributed by atoms with van der Waals surface area (Å²) in [5.74, 6) is -0.485. The molecule has 0 spiro atoms. The molecular formula is C26H21N3O4S2. The number of benzene rings is 2. The molecule has 2 aromatic carbocycles. The molecule has 0 unspecified atom stereocenters. The number of para-hydroxylation sites is 1. The van der Waals surface area contributed by atoms with Crippen LogP contribution in [0, 0.1) is 13.8 Å². The number of thiocarbonyl (C=S) groups is 1. The van der Waals surface area contributed by atoms with Crippen LogP contribution in [0.5, 0.6) is 0 Å². The van der Waals surface area contributed by atoms with Crippen molar-refractivity contribution in [2.45, 2.75) is 20.4 Å². The van der Waals surface area contributed by atoms with Gasteiger partial charge in [-0.25, -0.2) is 0 Å². The van der Waals surface area contributed by atoms with Gasteiger partial charge in [-0.3, -0.25) is 24.2 Å². The molecule has 0 aliphatic carbocycles. The molecule has 9 heteroatoms. The number of anilines is 2.